The Kier molecular flexibility index (Phi) is 5.37. The lowest BCUT2D eigenvalue weighted by molar-refractivity contribution is -0.134. The molecule has 2 aliphatic rings. The molecule has 1 aromatic carbocycles. The Labute approximate surface area is 150 Å². The summed E-state index contributed by atoms with van der Waals surface area (Å²) in [4.78, 5) is 15.0. The first-order valence-corrected chi connectivity index (χ1v) is 11.0. The Morgan fingerprint density at radius 3 is 2.68 bits per heavy atom. The topological polar surface area (TPSA) is 59.0 Å². The molecule has 2 atom stereocenters. The van der Waals surface area contributed by atoms with Crippen LogP contribution < -0.4 is 4.74 Å². The van der Waals surface area contributed by atoms with Crippen molar-refractivity contribution in [2.45, 2.75) is 44.6 Å². The molecular weight excluding hydrogens is 336 g/mol. The van der Waals surface area contributed by atoms with Crippen LogP contribution in [-0.2, 0) is 20.9 Å². The number of hydrogen-bond acceptors (Lipinski definition) is 4. The van der Waals surface area contributed by atoms with Crippen molar-refractivity contribution >= 4 is 15.6 Å². The van der Waals surface area contributed by atoms with E-state index in [1.807, 2.05) is 36.1 Å². The highest BCUT2D eigenvalue weighted by Crippen LogP contribution is 2.39. The predicted octanol–water partition coefficient (Wildman–Crippen LogP) is 2.88. The van der Waals surface area contributed by atoms with Crippen LogP contribution in [0.2, 0.25) is 0 Å². The fraction of sp³-hybridized carbons (Fsp3) is 0.632. The first-order valence-electron chi connectivity index (χ1n) is 9.13. The summed E-state index contributed by atoms with van der Waals surface area (Å²) in [6.07, 6.45) is 4.18. The second-order valence-corrected chi connectivity index (χ2v) is 9.64. The summed E-state index contributed by atoms with van der Waals surface area (Å²) in [6, 6.07) is 7.73. The van der Waals surface area contributed by atoms with E-state index in [1.165, 1.54) is 0 Å². The number of ether oxygens (including phenoxy) is 1. The van der Waals surface area contributed by atoms with Crippen LogP contribution in [0.1, 0.15) is 38.2 Å². The first kappa shape index (κ1) is 18.2. The number of rotatable bonds is 4. The molecule has 0 N–H and O–H groups in total. The zero-order valence-corrected chi connectivity index (χ0v) is 16.0. The van der Waals surface area contributed by atoms with Gasteiger partial charge in [-0.1, -0.05) is 12.1 Å². The van der Waals surface area contributed by atoms with Crippen molar-refractivity contribution in [3.8, 4) is 5.75 Å². The zero-order chi connectivity index (χ0) is 17.9. The van der Waals surface area contributed by atoms with Gasteiger partial charge in [-0.3, -0.25) is 4.79 Å². The summed E-state index contributed by atoms with van der Waals surface area (Å²) in [5.41, 5.74) is 0.754. The highest BCUT2D eigenvalue weighted by molar-refractivity contribution is 7.93. The van der Waals surface area contributed by atoms with Gasteiger partial charge in [-0.05, 0) is 50.3 Å². The van der Waals surface area contributed by atoms with Crippen LogP contribution in [-0.4, -0.2) is 52.3 Å². The molecule has 1 spiro atoms. The second kappa shape index (κ2) is 7.36. The predicted molar refractivity (Wildman–Crippen MR) is 100 cm³/mol. The van der Waals surface area contributed by atoms with E-state index < -0.39 is 9.73 Å². The molecule has 0 bridgehead atoms. The lowest BCUT2D eigenvalue weighted by atomic mass is 9.92. The molecule has 0 saturated carbocycles. The molecule has 3 rings (SSSR count). The van der Waals surface area contributed by atoms with Gasteiger partial charge >= 0.3 is 0 Å². The molecule has 2 aliphatic heterocycles. The van der Waals surface area contributed by atoms with Gasteiger partial charge < -0.3 is 9.64 Å². The second-order valence-electron chi connectivity index (χ2n) is 7.03. The Morgan fingerprint density at radius 1 is 1.28 bits per heavy atom. The average Bonchev–Trinajstić information content (AvgIpc) is 2.99. The Bertz CT molecular complexity index is 738. The molecular formula is C19H28N2O3S. The summed E-state index contributed by atoms with van der Waals surface area (Å²) < 4.78 is 22.5. The van der Waals surface area contributed by atoms with Crippen molar-refractivity contribution in [1.29, 1.82) is 0 Å². The Hall–Kier alpha value is -1.56. The first-order chi connectivity index (χ1) is 12.0. The van der Waals surface area contributed by atoms with Gasteiger partial charge in [0, 0.05) is 29.1 Å². The van der Waals surface area contributed by atoms with E-state index in [9.17, 15) is 9.00 Å². The van der Waals surface area contributed by atoms with Gasteiger partial charge in [-0.2, -0.15) is 0 Å². The van der Waals surface area contributed by atoms with E-state index in [-0.39, 0.29) is 11.4 Å². The molecule has 2 saturated heterocycles. The van der Waals surface area contributed by atoms with Crippen LogP contribution >= 0.6 is 0 Å². The van der Waals surface area contributed by atoms with Crippen LogP contribution in [0.25, 0.3) is 0 Å². The lowest BCUT2D eigenvalue weighted by Crippen LogP contribution is -2.54. The zero-order valence-electron chi connectivity index (χ0n) is 15.2. The summed E-state index contributed by atoms with van der Waals surface area (Å²) in [7, 11) is -0.501. The summed E-state index contributed by atoms with van der Waals surface area (Å²) in [5, 5.41) is 0. The quantitative estimate of drug-likeness (QED) is 0.825. The van der Waals surface area contributed by atoms with Crippen molar-refractivity contribution < 1.29 is 13.7 Å². The van der Waals surface area contributed by atoms with Crippen molar-refractivity contribution in [3.63, 3.8) is 0 Å². The van der Waals surface area contributed by atoms with Crippen LogP contribution in [0.15, 0.2) is 28.6 Å². The van der Waals surface area contributed by atoms with Gasteiger partial charge in [0.25, 0.3) is 0 Å². The van der Waals surface area contributed by atoms with E-state index in [0.29, 0.717) is 24.5 Å². The number of carbonyl (C=O) groups is 1. The molecule has 25 heavy (non-hydrogen) atoms. The summed E-state index contributed by atoms with van der Waals surface area (Å²) in [6.45, 7) is 3.36. The van der Waals surface area contributed by atoms with E-state index in [2.05, 4.69) is 4.36 Å². The number of likely N-dealkylation sites (tertiary alicyclic amines) is 1. The van der Waals surface area contributed by atoms with Gasteiger partial charge in [0.1, 0.15) is 5.75 Å². The summed E-state index contributed by atoms with van der Waals surface area (Å²) in [5.74, 6) is 2.19. The highest BCUT2D eigenvalue weighted by atomic mass is 32.2. The van der Waals surface area contributed by atoms with Crippen LogP contribution in [0.4, 0.5) is 0 Å². The van der Waals surface area contributed by atoms with Gasteiger partial charge in [0.15, 0.2) is 0 Å². The van der Waals surface area contributed by atoms with Gasteiger partial charge in [-0.15, -0.1) is 0 Å². The maximum Gasteiger partial charge on any atom is 0.227 e. The van der Waals surface area contributed by atoms with E-state index in [1.54, 1.807) is 7.05 Å². The normalized spacial score (nSPS) is 29.0. The molecule has 1 aromatic rings. The lowest BCUT2D eigenvalue weighted by Gasteiger charge is -2.42. The van der Waals surface area contributed by atoms with Crippen LogP contribution in [0, 0.1) is 0 Å². The van der Waals surface area contributed by atoms with E-state index in [4.69, 9.17) is 4.74 Å². The van der Waals surface area contributed by atoms with E-state index >= 15 is 0 Å². The molecule has 2 unspecified atom stereocenters. The van der Waals surface area contributed by atoms with Crippen molar-refractivity contribution in [1.82, 2.24) is 4.90 Å². The minimum Gasteiger partial charge on any atom is -0.494 e. The number of carbonyl (C=O) groups excluding carboxylic acids is 1. The van der Waals surface area contributed by atoms with Crippen molar-refractivity contribution in [2.75, 3.05) is 31.7 Å². The van der Waals surface area contributed by atoms with Gasteiger partial charge in [-0.25, -0.2) is 8.57 Å². The third-order valence-corrected chi connectivity index (χ3v) is 8.00. The molecule has 5 nitrogen and oxygen atoms in total. The van der Waals surface area contributed by atoms with Crippen LogP contribution in [0.5, 0.6) is 5.75 Å². The molecule has 6 heteroatoms. The third-order valence-electron chi connectivity index (χ3n) is 5.42. The average molecular weight is 365 g/mol. The minimum absolute atomic E-state index is 0.140. The maximum absolute atomic E-state index is 13.0. The molecule has 0 aromatic heterocycles. The smallest absolute Gasteiger partial charge is 0.227 e. The molecule has 2 heterocycles. The van der Waals surface area contributed by atoms with Crippen molar-refractivity contribution in [3.05, 3.63) is 29.8 Å². The number of nitrogens with zero attached hydrogens (tertiary/aromatic N) is 2. The third kappa shape index (κ3) is 3.84. The fourth-order valence-corrected chi connectivity index (χ4v) is 6.56. The fourth-order valence-electron chi connectivity index (χ4n) is 4.22. The monoisotopic (exact) mass is 364 g/mol. The molecule has 1 amide bonds. The maximum atomic E-state index is 13.0. The Morgan fingerprint density at radius 2 is 2.00 bits per heavy atom. The molecule has 2 fully saturated rings. The van der Waals surface area contributed by atoms with Gasteiger partial charge in [0.2, 0.25) is 5.91 Å². The largest absolute Gasteiger partial charge is 0.494 e. The van der Waals surface area contributed by atoms with E-state index in [0.717, 1.165) is 43.5 Å². The summed E-state index contributed by atoms with van der Waals surface area (Å²) >= 11 is 0. The number of benzene rings is 1. The number of amides is 1. The molecule has 0 radical (unpaired) electrons. The highest BCUT2D eigenvalue weighted by Gasteiger charge is 2.47. The Balaban J connectivity index is 1.73. The minimum atomic E-state index is -2.16. The van der Waals surface area contributed by atoms with Gasteiger partial charge in [0.05, 0.1) is 24.3 Å². The molecule has 138 valence electrons. The number of hydrogen-bond donors (Lipinski definition) is 0. The molecule has 0 aliphatic carbocycles. The van der Waals surface area contributed by atoms with Crippen LogP contribution in [0.3, 0.4) is 0 Å². The SMILES string of the molecule is CCOc1ccc(CC(=O)N2CCCC23CCCS(=O)(=NC)C3)cc1. The standard InChI is InChI=1S/C19H28N2O3S/c1-3-24-17-8-6-16(7-9-17)14-18(22)21-12-4-10-19(21)11-5-13-25(23,15-19)20-2/h6-9H,3-5,10-15H2,1-2H3. The van der Waals surface area contributed by atoms with Crippen molar-refractivity contribution in [2.24, 2.45) is 4.36 Å².